The predicted molar refractivity (Wildman–Crippen MR) is 109 cm³/mol. The molecule has 1 aromatic heterocycles. The summed E-state index contributed by atoms with van der Waals surface area (Å²) < 4.78 is 5.66. The fourth-order valence-electron chi connectivity index (χ4n) is 3.84. The highest BCUT2D eigenvalue weighted by Gasteiger charge is 2.18. The number of nitrogens with zero attached hydrogens (tertiary/aromatic N) is 1. The maximum Gasteiger partial charge on any atom is 0.287 e. The highest BCUT2D eigenvalue weighted by molar-refractivity contribution is 5.96. The highest BCUT2D eigenvalue weighted by Crippen LogP contribution is 2.25. The third-order valence-electron chi connectivity index (χ3n) is 5.41. The molecule has 27 heavy (non-hydrogen) atoms. The number of rotatable bonds is 4. The van der Waals surface area contributed by atoms with Gasteiger partial charge in [0.2, 0.25) is 0 Å². The summed E-state index contributed by atoms with van der Waals surface area (Å²) >= 11 is 0. The van der Waals surface area contributed by atoms with E-state index in [9.17, 15) is 4.79 Å². The minimum Gasteiger partial charge on any atom is -0.451 e. The van der Waals surface area contributed by atoms with Crippen molar-refractivity contribution < 1.29 is 9.21 Å². The van der Waals surface area contributed by atoms with E-state index in [0.29, 0.717) is 5.76 Å². The van der Waals surface area contributed by atoms with Gasteiger partial charge in [-0.15, -0.1) is 0 Å². The maximum absolute atomic E-state index is 12.5. The van der Waals surface area contributed by atoms with Crippen LogP contribution in [0.2, 0.25) is 0 Å². The molecule has 4 rings (SSSR count). The molecule has 0 saturated carbocycles. The van der Waals surface area contributed by atoms with E-state index in [2.05, 4.69) is 41.4 Å². The number of anilines is 1. The van der Waals surface area contributed by atoms with E-state index < -0.39 is 0 Å². The van der Waals surface area contributed by atoms with Crippen LogP contribution in [0.25, 0.3) is 11.0 Å². The molecule has 1 amide bonds. The van der Waals surface area contributed by atoms with Gasteiger partial charge in [0.15, 0.2) is 5.76 Å². The molecular formula is C23H26N2O2. The lowest BCUT2D eigenvalue weighted by Crippen LogP contribution is -2.34. The Balaban J connectivity index is 1.43. The van der Waals surface area contributed by atoms with Gasteiger partial charge in [0.05, 0.1) is 6.04 Å². The van der Waals surface area contributed by atoms with E-state index >= 15 is 0 Å². The number of furan rings is 1. The van der Waals surface area contributed by atoms with Gasteiger partial charge in [0, 0.05) is 24.2 Å². The summed E-state index contributed by atoms with van der Waals surface area (Å²) in [5.41, 5.74) is 3.09. The van der Waals surface area contributed by atoms with Crippen molar-refractivity contribution in [3.8, 4) is 0 Å². The smallest absolute Gasteiger partial charge is 0.287 e. The lowest BCUT2D eigenvalue weighted by Gasteiger charge is -2.33. The number of nitrogens with one attached hydrogen (secondary N) is 1. The molecule has 3 aromatic rings. The minimum atomic E-state index is -0.187. The Labute approximate surface area is 160 Å². The molecule has 0 spiro atoms. The molecule has 1 aliphatic heterocycles. The van der Waals surface area contributed by atoms with Crippen LogP contribution in [0.15, 0.2) is 59.0 Å². The zero-order chi connectivity index (χ0) is 18.8. The molecule has 4 nitrogen and oxygen atoms in total. The number of hydrogen-bond acceptors (Lipinski definition) is 3. The van der Waals surface area contributed by atoms with Crippen molar-refractivity contribution in [1.29, 1.82) is 0 Å². The molecular weight excluding hydrogens is 336 g/mol. The number of benzene rings is 2. The number of carbonyl (C=O) groups excluding carboxylic acids is 1. The zero-order valence-corrected chi connectivity index (χ0v) is 15.9. The third-order valence-corrected chi connectivity index (χ3v) is 5.41. The maximum atomic E-state index is 12.5. The summed E-state index contributed by atoms with van der Waals surface area (Å²) in [6, 6.07) is 17.9. The third kappa shape index (κ3) is 3.85. The van der Waals surface area contributed by atoms with Gasteiger partial charge in [0.1, 0.15) is 5.58 Å². The van der Waals surface area contributed by atoms with Gasteiger partial charge in [-0.3, -0.25) is 4.79 Å². The first-order valence-corrected chi connectivity index (χ1v) is 9.74. The average molecular weight is 362 g/mol. The van der Waals surface area contributed by atoms with Crippen LogP contribution in [0.3, 0.4) is 0 Å². The van der Waals surface area contributed by atoms with Gasteiger partial charge in [0.25, 0.3) is 5.91 Å². The minimum absolute atomic E-state index is 0.0833. The van der Waals surface area contributed by atoms with E-state index in [1.54, 1.807) is 6.07 Å². The molecule has 1 aliphatic rings. The largest absolute Gasteiger partial charge is 0.451 e. The number of amides is 1. The van der Waals surface area contributed by atoms with E-state index in [1.165, 1.54) is 18.5 Å². The fourth-order valence-corrected chi connectivity index (χ4v) is 3.84. The van der Waals surface area contributed by atoms with Gasteiger partial charge in [-0.2, -0.15) is 0 Å². The van der Waals surface area contributed by atoms with Gasteiger partial charge >= 0.3 is 0 Å². The van der Waals surface area contributed by atoms with E-state index in [4.69, 9.17) is 4.42 Å². The van der Waals surface area contributed by atoms with Gasteiger partial charge in [-0.1, -0.05) is 37.3 Å². The van der Waals surface area contributed by atoms with Gasteiger partial charge < -0.3 is 14.6 Å². The normalized spacial score (nSPS) is 18.4. The number of piperidine rings is 1. The number of fused-ring (bicyclic) bond motifs is 1. The Morgan fingerprint density at radius 3 is 2.70 bits per heavy atom. The summed E-state index contributed by atoms with van der Waals surface area (Å²) in [6.07, 6.45) is 2.58. The molecule has 4 heteroatoms. The quantitative estimate of drug-likeness (QED) is 0.697. The Hall–Kier alpha value is -2.75. The second-order valence-corrected chi connectivity index (χ2v) is 7.63. The van der Waals surface area contributed by atoms with Crippen molar-refractivity contribution in [2.24, 2.45) is 5.92 Å². The number of hydrogen-bond donors (Lipinski definition) is 1. The van der Waals surface area contributed by atoms with Crippen LogP contribution < -0.4 is 10.2 Å². The molecule has 0 aliphatic carbocycles. The van der Waals surface area contributed by atoms with Gasteiger partial charge in [-0.05, 0) is 55.5 Å². The Morgan fingerprint density at radius 1 is 1.19 bits per heavy atom. The van der Waals surface area contributed by atoms with Crippen LogP contribution in [0, 0.1) is 5.92 Å². The first-order valence-electron chi connectivity index (χ1n) is 9.74. The van der Waals surface area contributed by atoms with Crippen molar-refractivity contribution in [3.05, 3.63) is 65.9 Å². The summed E-state index contributed by atoms with van der Waals surface area (Å²) in [7, 11) is 0. The van der Waals surface area contributed by atoms with Crippen molar-refractivity contribution in [1.82, 2.24) is 5.32 Å². The molecule has 140 valence electrons. The van der Waals surface area contributed by atoms with Crippen LogP contribution in [-0.4, -0.2) is 19.0 Å². The Morgan fingerprint density at radius 2 is 1.96 bits per heavy atom. The molecule has 1 N–H and O–H groups in total. The summed E-state index contributed by atoms with van der Waals surface area (Å²) in [5.74, 6) is 0.912. The standard InChI is InChI=1S/C23H26N2O2/c1-16-6-5-13-25(15-16)20-11-9-18(10-12-20)17(2)24-23(26)22-14-19-7-3-4-8-21(19)27-22/h3-4,7-12,14,16-17H,5-6,13,15H2,1-2H3,(H,24,26)/t16-,17-/m0/s1. The number of carbonyl (C=O) groups is 1. The summed E-state index contributed by atoms with van der Waals surface area (Å²) in [5, 5.41) is 3.97. The first-order chi connectivity index (χ1) is 13.1. The van der Waals surface area contributed by atoms with E-state index in [0.717, 1.165) is 35.5 Å². The Bertz CT molecular complexity index is 896. The van der Waals surface area contributed by atoms with Crippen molar-refractivity contribution >= 4 is 22.6 Å². The van der Waals surface area contributed by atoms with E-state index in [-0.39, 0.29) is 11.9 Å². The van der Waals surface area contributed by atoms with Crippen molar-refractivity contribution in [3.63, 3.8) is 0 Å². The van der Waals surface area contributed by atoms with Crippen LogP contribution >= 0.6 is 0 Å². The fraction of sp³-hybridized carbons (Fsp3) is 0.348. The molecule has 1 fully saturated rings. The molecule has 2 heterocycles. The predicted octanol–water partition coefficient (Wildman–Crippen LogP) is 5.16. The molecule has 2 aromatic carbocycles. The van der Waals surface area contributed by atoms with Crippen molar-refractivity contribution in [2.45, 2.75) is 32.7 Å². The molecule has 0 radical (unpaired) electrons. The Kier molecular flexibility index (Phi) is 4.88. The zero-order valence-electron chi connectivity index (χ0n) is 15.9. The summed E-state index contributed by atoms with van der Waals surface area (Å²) in [4.78, 5) is 15.0. The average Bonchev–Trinajstić information content (AvgIpc) is 3.12. The molecule has 1 saturated heterocycles. The molecule has 2 atom stereocenters. The van der Waals surface area contributed by atoms with Crippen molar-refractivity contribution in [2.75, 3.05) is 18.0 Å². The lowest BCUT2D eigenvalue weighted by molar-refractivity contribution is 0.0914. The van der Waals surface area contributed by atoms with Crippen LogP contribution in [0.4, 0.5) is 5.69 Å². The second-order valence-electron chi connectivity index (χ2n) is 7.63. The SMILES string of the molecule is C[C@H]1CCCN(c2ccc([C@H](C)NC(=O)c3cc4ccccc4o3)cc2)C1. The van der Waals surface area contributed by atoms with Gasteiger partial charge in [-0.25, -0.2) is 0 Å². The van der Waals surface area contributed by atoms with Crippen LogP contribution in [0.5, 0.6) is 0 Å². The monoisotopic (exact) mass is 362 g/mol. The summed E-state index contributed by atoms with van der Waals surface area (Å²) in [6.45, 7) is 6.56. The molecule has 0 bridgehead atoms. The number of para-hydroxylation sites is 1. The molecule has 0 unspecified atom stereocenters. The topological polar surface area (TPSA) is 45.5 Å². The highest BCUT2D eigenvalue weighted by atomic mass is 16.3. The van der Waals surface area contributed by atoms with Crippen LogP contribution in [0.1, 0.15) is 48.8 Å². The second kappa shape index (κ2) is 7.47. The van der Waals surface area contributed by atoms with Crippen LogP contribution in [-0.2, 0) is 0 Å². The lowest BCUT2D eigenvalue weighted by atomic mass is 9.99. The van der Waals surface area contributed by atoms with E-state index in [1.807, 2.05) is 31.2 Å². The first kappa shape index (κ1) is 17.7.